The highest BCUT2D eigenvalue weighted by atomic mass is 16.3. The van der Waals surface area contributed by atoms with Crippen LogP contribution in [0, 0.1) is 0 Å². The first-order chi connectivity index (χ1) is 8.69. The summed E-state index contributed by atoms with van der Waals surface area (Å²) < 4.78 is 0. The highest BCUT2D eigenvalue weighted by Crippen LogP contribution is 2.40. The molecule has 1 N–H and O–H groups in total. The van der Waals surface area contributed by atoms with Gasteiger partial charge < -0.3 is 5.11 Å². The molecule has 0 heterocycles. The molecule has 18 heavy (non-hydrogen) atoms. The molecular formula is C16H20O2. The van der Waals surface area contributed by atoms with E-state index in [9.17, 15) is 9.90 Å². The maximum atomic E-state index is 12.3. The number of hydrogen-bond donors (Lipinski definition) is 1. The fourth-order valence-corrected chi connectivity index (χ4v) is 3.37. The molecule has 0 radical (unpaired) electrons. The van der Waals surface area contributed by atoms with E-state index in [-0.39, 0.29) is 5.78 Å². The van der Waals surface area contributed by atoms with Gasteiger partial charge in [0.15, 0.2) is 5.78 Å². The third-order valence-corrected chi connectivity index (χ3v) is 4.59. The summed E-state index contributed by atoms with van der Waals surface area (Å²) >= 11 is 0. The Bertz CT molecular complexity index is 458. The summed E-state index contributed by atoms with van der Waals surface area (Å²) in [7, 11) is 0. The molecule has 2 nitrogen and oxygen atoms in total. The van der Waals surface area contributed by atoms with Crippen molar-refractivity contribution in [2.24, 2.45) is 0 Å². The molecule has 2 aliphatic rings. The zero-order valence-electron chi connectivity index (χ0n) is 10.7. The third-order valence-electron chi connectivity index (χ3n) is 4.59. The van der Waals surface area contributed by atoms with Crippen molar-refractivity contribution >= 4 is 5.78 Å². The zero-order valence-corrected chi connectivity index (χ0v) is 10.7. The topological polar surface area (TPSA) is 37.3 Å². The minimum Gasteiger partial charge on any atom is -0.382 e. The van der Waals surface area contributed by atoms with E-state index in [1.54, 1.807) is 0 Å². The van der Waals surface area contributed by atoms with Gasteiger partial charge in [0, 0.05) is 6.42 Å². The Hall–Kier alpha value is -1.15. The molecule has 1 fully saturated rings. The van der Waals surface area contributed by atoms with Crippen molar-refractivity contribution in [3.05, 3.63) is 35.4 Å². The van der Waals surface area contributed by atoms with Gasteiger partial charge in [-0.15, -0.1) is 0 Å². The molecule has 1 unspecified atom stereocenters. The number of ketones is 1. The molecule has 0 amide bonds. The fraction of sp³-hybridized carbons (Fsp3) is 0.562. The van der Waals surface area contributed by atoms with Gasteiger partial charge >= 0.3 is 0 Å². The van der Waals surface area contributed by atoms with Gasteiger partial charge in [-0.2, -0.15) is 0 Å². The van der Waals surface area contributed by atoms with E-state index in [2.05, 4.69) is 12.1 Å². The van der Waals surface area contributed by atoms with Gasteiger partial charge in [0.1, 0.15) is 5.60 Å². The van der Waals surface area contributed by atoms with E-state index in [0.717, 1.165) is 25.7 Å². The van der Waals surface area contributed by atoms with Crippen molar-refractivity contribution in [1.82, 2.24) is 0 Å². The maximum absolute atomic E-state index is 12.3. The molecule has 96 valence electrons. The quantitative estimate of drug-likeness (QED) is 0.887. The Morgan fingerprint density at radius 2 is 1.94 bits per heavy atom. The molecule has 0 spiro atoms. The zero-order chi connectivity index (χ0) is 12.6. The molecule has 0 aromatic heterocycles. The molecule has 0 saturated heterocycles. The van der Waals surface area contributed by atoms with E-state index in [0.29, 0.717) is 25.2 Å². The number of fused-ring (bicyclic) bond motifs is 1. The standard InChI is InChI=1S/C16H20O2/c17-15(16(18)8-4-1-5-9-16)11-13-10-12-6-2-3-7-14(12)13/h2-3,6-7,13,18H,1,4-5,8-11H2. The molecule has 1 aromatic carbocycles. The molecular weight excluding hydrogens is 224 g/mol. The van der Waals surface area contributed by atoms with E-state index in [1.807, 2.05) is 12.1 Å². The summed E-state index contributed by atoms with van der Waals surface area (Å²) in [5.41, 5.74) is 1.67. The Morgan fingerprint density at radius 1 is 1.22 bits per heavy atom. The Morgan fingerprint density at radius 3 is 2.67 bits per heavy atom. The second-order valence-corrected chi connectivity index (χ2v) is 5.82. The summed E-state index contributed by atoms with van der Waals surface area (Å²) in [5, 5.41) is 10.4. The van der Waals surface area contributed by atoms with E-state index >= 15 is 0 Å². The van der Waals surface area contributed by atoms with Gasteiger partial charge in [0.25, 0.3) is 0 Å². The molecule has 0 aliphatic heterocycles. The number of rotatable bonds is 3. The number of aliphatic hydroxyl groups is 1. The summed E-state index contributed by atoms with van der Waals surface area (Å²) in [6, 6.07) is 8.32. The van der Waals surface area contributed by atoms with Crippen molar-refractivity contribution in [2.45, 2.75) is 56.5 Å². The first-order valence-corrected chi connectivity index (χ1v) is 7.02. The average Bonchev–Trinajstić information content (AvgIpc) is 2.36. The summed E-state index contributed by atoms with van der Waals surface area (Å²) in [5.74, 6) is 0.418. The molecule has 1 saturated carbocycles. The predicted octanol–water partition coefficient (Wildman–Crippen LogP) is 2.98. The van der Waals surface area contributed by atoms with Crippen LogP contribution < -0.4 is 0 Å². The third kappa shape index (κ3) is 1.99. The lowest BCUT2D eigenvalue weighted by molar-refractivity contribution is -0.141. The van der Waals surface area contributed by atoms with Crippen molar-refractivity contribution in [2.75, 3.05) is 0 Å². The number of carbonyl (C=O) groups excluding carboxylic acids is 1. The van der Waals surface area contributed by atoms with Crippen LogP contribution in [0.3, 0.4) is 0 Å². The van der Waals surface area contributed by atoms with Gasteiger partial charge in [-0.25, -0.2) is 0 Å². The lowest BCUT2D eigenvalue weighted by Gasteiger charge is -2.35. The van der Waals surface area contributed by atoms with Gasteiger partial charge in [0.05, 0.1) is 0 Å². The first-order valence-electron chi connectivity index (χ1n) is 7.02. The second-order valence-electron chi connectivity index (χ2n) is 5.82. The van der Waals surface area contributed by atoms with Gasteiger partial charge in [-0.05, 0) is 36.3 Å². The van der Waals surface area contributed by atoms with Gasteiger partial charge in [-0.3, -0.25) is 4.79 Å². The van der Waals surface area contributed by atoms with Crippen molar-refractivity contribution in [3.63, 3.8) is 0 Å². The molecule has 2 aliphatic carbocycles. The normalized spacial score (nSPS) is 25.1. The number of benzene rings is 1. The highest BCUT2D eigenvalue weighted by Gasteiger charge is 2.39. The van der Waals surface area contributed by atoms with E-state index in [4.69, 9.17) is 0 Å². The van der Waals surface area contributed by atoms with Crippen LogP contribution in [0.2, 0.25) is 0 Å². The van der Waals surface area contributed by atoms with Crippen molar-refractivity contribution < 1.29 is 9.90 Å². The van der Waals surface area contributed by atoms with Crippen LogP contribution in [0.25, 0.3) is 0 Å². The number of carbonyl (C=O) groups is 1. The van der Waals surface area contributed by atoms with Crippen LogP contribution >= 0.6 is 0 Å². The van der Waals surface area contributed by atoms with E-state index < -0.39 is 5.60 Å². The SMILES string of the molecule is O=C(CC1Cc2ccccc21)C1(O)CCCCC1. The lowest BCUT2D eigenvalue weighted by atomic mass is 9.71. The molecule has 2 heteroatoms. The molecule has 1 atom stereocenters. The highest BCUT2D eigenvalue weighted by molar-refractivity contribution is 5.88. The molecule has 0 bridgehead atoms. The van der Waals surface area contributed by atoms with Crippen LogP contribution in [-0.4, -0.2) is 16.5 Å². The van der Waals surface area contributed by atoms with Gasteiger partial charge in [-0.1, -0.05) is 43.5 Å². The van der Waals surface area contributed by atoms with Crippen LogP contribution in [0.4, 0.5) is 0 Å². The monoisotopic (exact) mass is 244 g/mol. The molecule has 1 aromatic rings. The van der Waals surface area contributed by atoms with Crippen molar-refractivity contribution in [3.8, 4) is 0 Å². The van der Waals surface area contributed by atoms with Crippen LogP contribution in [0.15, 0.2) is 24.3 Å². The summed E-state index contributed by atoms with van der Waals surface area (Å²) in [4.78, 5) is 12.3. The summed E-state index contributed by atoms with van der Waals surface area (Å²) in [6.45, 7) is 0. The lowest BCUT2D eigenvalue weighted by Crippen LogP contribution is -2.41. The van der Waals surface area contributed by atoms with Crippen LogP contribution in [0.5, 0.6) is 0 Å². The maximum Gasteiger partial charge on any atom is 0.164 e. The van der Waals surface area contributed by atoms with Gasteiger partial charge in [0.2, 0.25) is 0 Å². The largest absolute Gasteiger partial charge is 0.382 e. The van der Waals surface area contributed by atoms with Crippen LogP contribution in [-0.2, 0) is 11.2 Å². The number of hydrogen-bond acceptors (Lipinski definition) is 2. The Kier molecular flexibility index (Phi) is 2.98. The molecule has 3 rings (SSSR count). The number of Topliss-reactive ketones (excluding diaryl/α,β-unsaturated/α-hetero) is 1. The minimum absolute atomic E-state index is 0.0710. The minimum atomic E-state index is -1.01. The Labute approximate surface area is 108 Å². The van der Waals surface area contributed by atoms with Crippen LogP contribution in [0.1, 0.15) is 55.6 Å². The first kappa shape index (κ1) is 11.9. The second kappa shape index (κ2) is 4.51. The van der Waals surface area contributed by atoms with Crippen molar-refractivity contribution in [1.29, 1.82) is 0 Å². The predicted molar refractivity (Wildman–Crippen MR) is 70.5 cm³/mol. The summed E-state index contributed by atoms with van der Waals surface area (Å²) in [6.07, 6.45) is 5.99. The smallest absolute Gasteiger partial charge is 0.164 e. The fourth-order valence-electron chi connectivity index (χ4n) is 3.37. The average molecular weight is 244 g/mol. The van der Waals surface area contributed by atoms with E-state index in [1.165, 1.54) is 11.1 Å². The Balaban J connectivity index is 1.66.